The Hall–Kier alpha value is -4.48. The Morgan fingerprint density at radius 2 is 1.81 bits per heavy atom. The average Bonchev–Trinajstić information content (AvgIpc) is 3.55. The van der Waals surface area contributed by atoms with E-state index >= 15 is 4.39 Å². The molecule has 2 atom stereocenters. The number of aliphatic hydroxyl groups is 1. The molecule has 2 unspecified atom stereocenters. The van der Waals surface area contributed by atoms with Crippen molar-refractivity contribution in [2.45, 2.75) is 25.9 Å². The van der Waals surface area contributed by atoms with Crippen LogP contribution in [0.3, 0.4) is 0 Å². The number of hydrogen-bond donors (Lipinski definition) is 2. The third-order valence-electron chi connectivity index (χ3n) is 10.3. The van der Waals surface area contributed by atoms with Crippen molar-refractivity contribution in [1.29, 1.82) is 0 Å². The SMILES string of the molecule is C=C1/C=C2/C(=O)N(c3cc(F)cc(-c4cc(Nc5ccc(N6CCN(C)CC6)cn5)c(=O)n(C)c4)c3CO)CCN2CC2CCC1C2. The van der Waals surface area contributed by atoms with Crippen LogP contribution in [0.2, 0.25) is 0 Å². The normalized spacial score (nSPS) is 22.9. The Labute approximate surface area is 274 Å². The van der Waals surface area contributed by atoms with Crippen molar-refractivity contribution in [2.24, 2.45) is 18.9 Å². The van der Waals surface area contributed by atoms with Gasteiger partial charge in [0.2, 0.25) is 0 Å². The largest absolute Gasteiger partial charge is 0.392 e. The number of fused-ring (bicyclic) bond motifs is 3. The molecule has 11 heteroatoms. The molecule has 1 aliphatic carbocycles. The lowest BCUT2D eigenvalue weighted by atomic mass is 9.93. The summed E-state index contributed by atoms with van der Waals surface area (Å²) in [6, 6.07) is 8.14. The molecule has 3 aromatic rings. The smallest absolute Gasteiger partial charge is 0.274 e. The molecular weight excluding hydrogens is 597 g/mol. The first-order chi connectivity index (χ1) is 22.7. The Morgan fingerprint density at radius 3 is 2.55 bits per heavy atom. The van der Waals surface area contributed by atoms with Crippen LogP contribution >= 0.6 is 0 Å². The minimum atomic E-state index is -0.541. The standard InChI is InChI=1S/C36H42FN7O3/c1-23-14-33-36(47)44(13-12-43(33)20-24-4-5-25(23)15-24)32-18-27(37)17-29(30(32)22-45)26-16-31(35(46)41(3)21-26)39-34-7-6-28(19-38-34)42-10-8-40(2)9-11-42/h6-7,14,16-19,21,24-25,45H,1,4-5,8-13,15,20,22H2,2-3H3,(H,38,39)/b33-14-. The topological polar surface area (TPSA) is 97.2 Å². The lowest BCUT2D eigenvalue weighted by Gasteiger charge is -2.40. The van der Waals surface area contributed by atoms with Crippen molar-refractivity contribution in [3.8, 4) is 11.1 Å². The molecule has 10 nitrogen and oxygen atoms in total. The summed E-state index contributed by atoms with van der Waals surface area (Å²) in [6.45, 7) is 9.48. The van der Waals surface area contributed by atoms with Crippen LogP contribution in [0.4, 0.5) is 27.3 Å². The molecule has 5 heterocycles. The second-order valence-corrected chi connectivity index (χ2v) is 13.4. The number of anilines is 4. The number of carbonyl (C=O) groups is 1. The van der Waals surface area contributed by atoms with E-state index in [0.29, 0.717) is 58.8 Å². The van der Waals surface area contributed by atoms with Crippen molar-refractivity contribution < 1.29 is 14.3 Å². The van der Waals surface area contributed by atoms with Crippen LogP contribution in [0.1, 0.15) is 24.8 Å². The van der Waals surface area contributed by atoms with E-state index in [1.165, 1.54) is 16.7 Å². The third-order valence-corrected chi connectivity index (χ3v) is 10.3. The van der Waals surface area contributed by atoms with E-state index in [1.807, 2.05) is 18.2 Å². The minimum absolute atomic E-state index is 0.223. The summed E-state index contributed by atoms with van der Waals surface area (Å²) < 4.78 is 16.8. The second-order valence-electron chi connectivity index (χ2n) is 13.4. The number of rotatable bonds is 6. The van der Waals surface area contributed by atoms with Crippen molar-refractivity contribution in [2.75, 3.05) is 68.0 Å². The van der Waals surface area contributed by atoms with Crippen LogP contribution in [0, 0.1) is 17.7 Å². The maximum atomic E-state index is 15.4. The molecule has 47 heavy (non-hydrogen) atoms. The molecule has 2 saturated heterocycles. The van der Waals surface area contributed by atoms with Gasteiger partial charge in [0.05, 0.1) is 24.2 Å². The summed E-state index contributed by atoms with van der Waals surface area (Å²) in [7, 11) is 3.74. The zero-order valence-corrected chi connectivity index (χ0v) is 27.1. The van der Waals surface area contributed by atoms with E-state index < -0.39 is 12.4 Å². The van der Waals surface area contributed by atoms with Gasteiger partial charge in [-0.05, 0) is 85.7 Å². The number of piperazine rings is 2. The number of aryl methyl sites for hydroxylation is 1. The Morgan fingerprint density at radius 1 is 1.02 bits per heavy atom. The first kappa shape index (κ1) is 31.1. The summed E-state index contributed by atoms with van der Waals surface area (Å²) >= 11 is 0. The summed E-state index contributed by atoms with van der Waals surface area (Å²) in [5.41, 5.74) is 4.22. The number of halogens is 1. The van der Waals surface area contributed by atoms with Crippen LogP contribution in [0.15, 0.2) is 71.4 Å². The van der Waals surface area contributed by atoms with Gasteiger partial charge in [0.1, 0.15) is 23.0 Å². The molecule has 7 rings (SSSR count). The highest BCUT2D eigenvalue weighted by molar-refractivity contribution is 6.07. The molecule has 3 aliphatic heterocycles. The van der Waals surface area contributed by atoms with E-state index in [0.717, 1.165) is 63.2 Å². The zero-order chi connectivity index (χ0) is 32.8. The third kappa shape index (κ3) is 6.05. The zero-order valence-electron chi connectivity index (χ0n) is 27.1. The molecule has 0 spiro atoms. The predicted molar refractivity (Wildman–Crippen MR) is 182 cm³/mol. The van der Waals surface area contributed by atoms with Crippen LogP contribution < -0.4 is 20.7 Å². The Balaban J connectivity index is 1.19. The molecule has 1 aromatic carbocycles. The summed E-state index contributed by atoms with van der Waals surface area (Å²) in [5.74, 6) is 0.667. The number of aromatic nitrogens is 2. The number of pyridine rings is 2. The van der Waals surface area contributed by atoms with Gasteiger partial charge in [-0.2, -0.15) is 0 Å². The summed E-state index contributed by atoms with van der Waals surface area (Å²) in [5, 5.41) is 13.8. The van der Waals surface area contributed by atoms with Crippen molar-refractivity contribution in [1.82, 2.24) is 19.4 Å². The fraction of sp³-hybridized carbons (Fsp3) is 0.417. The molecule has 246 valence electrons. The Bertz CT molecular complexity index is 1800. The molecule has 0 radical (unpaired) electrons. The number of hydrogen-bond acceptors (Lipinski definition) is 8. The van der Waals surface area contributed by atoms with Gasteiger partial charge in [0, 0.05) is 70.2 Å². The molecule has 4 aliphatic rings. The van der Waals surface area contributed by atoms with Gasteiger partial charge in [0.25, 0.3) is 11.5 Å². The fourth-order valence-electron chi connectivity index (χ4n) is 7.56. The summed E-state index contributed by atoms with van der Waals surface area (Å²) in [4.78, 5) is 40.1. The van der Waals surface area contributed by atoms with Crippen LogP contribution in [0.25, 0.3) is 11.1 Å². The number of benzene rings is 1. The van der Waals surface area contributed by atoms with E-state index in [1.54, 1.807) is 30.4 Å². The molecule has 2 aromatic heterocycles. The van der Waals surface area contributed by atoms with Crippen LogP contribution in [-0.2, 0) is 18.4 Å². The Kier molecular flexibility index (Phi) is 8.36. The lowest BCUT2D eigenvalue weighted by molar-refractivity contribution is -0.117. The van der Waals surface area contributed by atoms with E-state index in [-0.39, 0.29) is 17.2 Å². The molecule has 2 bridgehead atoms. The number of carbonyl (C=O) groups excluding carboxylic acids is 1. The molecule has 1 amide bonds. The van der Waals surface area contributed by atoms with Gasteiger partial charge in [-0.15, -0.1) is 0 Å². The van der Waals surface area contributed by atoms with Crippen molar-refractivity contribution in [3.63, 3.8) is 0 Å². The maximum absolute atomic E-state index is 15.4. The monoisotopic (exact) mass is 639 g/mol. The highest BCUT2D eigenvalue weighted by atomic mass is 19.1. The molecule has 1 saturated carbocycles. The van der Waals surface area contributed by atoms with Gasteiger partial charge in [-0.3, -0.25) is 9.59 Å². The number of allylic oxidation sites excluding steroid dienone is 2. The average molecular weight is 640 g/mol. The van der Waals surface area contributed by atoms with Gasteiger partial charge in [-0.1, -0.05) is 6.58 Å². The van der Waals surface area contributed by atoms with Crippen molar-refractivity contribution in [3.05, 3.63) is 88.4 Å². The molecule has 2 N–H and O–H groups in total. The van der Waals surface area contributed by atoms with Crippen molar-refractivity contribution >= 4 is 28.8 Å². The summed E-state index contributed by atoms with van der Waals surface area (Å²) in [6.07, 6.45) is 8.66. The quantitative estimate of drug-likeness (QED) is 0.417. The number of nitrogens with one attached hydrogen (secondary N) is 1. The van der Waals surface area contributed by atoms with E-state index in [2.05, 4.69) is 38.6 Å². The maximum Gasteiger partial charge on any atom is 0.274 e. The fourth-order valence-corrected chi connectivity index (χ4v) is 7.56. The van der Waals surface area contributed by atoms with Crippen LogP contribution in [0.5, 0.6) is 0 Å². The highest BCUT2D eigenvalue weighted by Crippen LogP contribution is 2.41. The van der Waals surface area contributed by atoms with Gasteiger partial charge >= 0.3 is 0 Å². The number of likely N-dealkylation sites (N-methyl/N-ethyl adjacent to an activating group) is 1. The second kappa shape index (κ2) is 12.6. The van der Waals surface area contributed by atoms with Gasteiger partial charge in [0.15, 0.2) is 0 Å². The first-order valence-electron chi connectivity index (χ1n) is 16.5. The van der Waals surface area contributed by atoms with E-state index in [4.69, 9.17) is 0 Å². The predicted octanol–water partition coefficient (Wildman–Crippen LogP) is 4.09. The highest BCUT2D eigenvalue weighted by Gasteiger charge is 2.37. The minimum Gasteiger partial charge on any atom is -0.392 e. The van der Waals surface area contributed by atoms with Gasteiger partial charge in [-0.25, -0.2) is 9.37 Å². The lowest BCUT2D eigenvalue weighted by Crippen LogP contribution is -2.50. The van der Waals surface area contributed by atoms with Gasteiger partial charge < -0.3 is 34.6 Å². The molecule has 3 fully saturated rings. The number of aliphatic hydroxyl groups excluding tert-OH is 1. The van der Waals surface area contributed by atoms with Crippen LogP contribution in [-0.4, -0.2) is 83.2 Å². The first-order valence-corrected chi connectivity index (χ1v) is 16.5. The number of nitrogens with zero attached hydrogens (tertiary/aromatic N) is 6. The molecular formula is C36H42FN7O3. The number of amides is 1. The van der Waals surface area contributed by atoms with E-state index in [9.17, 15) is 14.7 Å².